The zero-order valence-corrected chi connectivity index (χ0v) is 20.9. The van der Waals surface area contributed by atoms with Crippen LogP contribution in [0, 0.1) is 11.8 Å². The van der Waals surface area contributed by atoms with Crippen molar-refractivity contribution in [3.63, 3.8) is 0 Å². The van der Waals surface area contributed by atoms with Gasteiger partial charge in [-0.1, -0.05) is 30.2 Å². The van der Waals surface area contributed by atoms with Crippen LogP contribution in [0.25, 0.3) is 0 Å². The van der Waals surface area contributed by atoms with E-state index in [0.717, 1.165) is 75.7 Å². The molecule has 9 heteroatoms. The Hall–Kier alpha value is -2.26. The van der Waals surface area contributed by atoms with Gasteiger partial charge in [-0.05, 0) is 56.2 Å². The summed E-state index contributed by atoms with van der Waals surface area (Å²) in [6.45, 7) is 3.14. The fraction of sp³-hybridized carbons (Fsp3) is 0.615. The molecule has 6 nitrogen and oxygen atoms in total. The Balaban J connectivity index is 1.04. The van der Waals surface area contributed by atoms with Crippen molar-refractivity contribution in [1.82, 2.24) is 9.88 Å². The number of halogens is 2. The Kier molecular flexibility index (Phi) is 7.25. The van der Waals surface area contributed by atoms with Gasteiger partial charge < -0.3 is 14.2 Å². The summed E-state index contributed by atoms with van der Waals surface area (Å²) in [4.78, 5) is 20.9. The van der Waals surface area contributed by atoms with Crippen LogP contribution in [0.15, 0.2) is 18.2 Å². The number of alkyl halides is 2. The maximum absolute atomic E-state index is 13.1. The molecule has 0 saturated heterocycles. The molecule has 1 aromatic heterocycles. The van der Waals surface area contributed by atoms with Crippen LogP contribution < -0.4 is 14.2 Å². The number of fused-ring (bicyclic) bond motifs is 2. The molecule has 5 rings (SSSR count). The van der Waals surface area contributed by atoms with Crippen LogP contribution in [0.3, 0.4) is 0 Å². The third-order valence-electron chi connectivity index (χ3n) is 7.23. The van der Waals surface area contributed by atoms with Gasteiger partial charge in [0, 0.05) is 31.3 Å². The molecule has 3 aliphatic rings. The first kappa shape index (κ1) is 24.4. The van der Waals surface area contributed by atoms with Crippen molar-refractivity contribution < 1.29 is 27.8 Å². The average Bonchev–Trinajstić information content (AvgIpc) is 3.48. The summed E-state index contributed by atoms with van der Waals surface area (Å²) in [6.07, 6.45) is 7.09. The van der Waals surface area contributed by atoms with Gasteiger partial charge in [-0.3, -0.25) is 9.69 Å². The first-order chi connectivity index (χ1) is 16.8. The van der Waals surface area contributed by atoms with Gasteiger partial charge >= 0.3 is 0 Å². The Bertz CT molecular complexity index is 1050. The molecule has 0 N–H and O–H groups in total. The van der Waals surface area contributed by atoms with Crippen LogP contribution in [0.1, 0.15) is 66.4 Å². The van der Waals surface area contributed by atoms with Crippen LogP contribution in [0.2, 0.25) is 0 Å². The minimum absolute atomic E-state index is 0.147. The normalized spacial score (nSPS) is 22.1. The number of para-hydroxylation sites is 1. The van der Waals surface area contributed by atoms with E-state index in [1.807, 2.05) is 18.2 Å². The summed E-state index contributed by atoms with van der Waals surface area (Å²) in [5, 5.41) is 0.353. The highest BCUT2D eigenvalue weighted by atomic mass is 32.1. The number of thiazole rings is 1. The van der Waals surface area contributed by atoms with Gasteiger partial charge in [0.2, 0.25) is 6.79 Å². The first-order valence-corrected chi connectivity index (χ1v) is 13.3. The fourth-order valence-corrected chi connectivity index (χ4v) is 6.19. The smallest absolute Gasteiger partial charge is 0.278 e. The molecule has 1 saturated carbocycles. The number of ketones is 1. The minimum Gasteiger partial charge on any atom is -0.464 e. The highest BCUT2D eigenvalue weighted by Crippen LogP contribution is 2.39. The molecule has 190 valence electrons. The van der Waals surface area contributed by atoms with Gasteiger partial charge in [-0.15, -0.1) is 0 Å². The monoisotopic (exact) mass is 506 g/mol. The van der Waals surface area contributed by atoms with Crippen molar-refractivity contribution in [1.29, 1.82) is 0 Å². The quantitative estimate of drug-likeness (QED) is 0.405. The summed E-state index contributed by atoms with van der Waals surface area (Å²) in [7, 11) is 0. The second-order valence-corrected chi connectivity index (χ2v) is 11.1. The molecule has 3 heterocycles. The molecule has 0 radical (unpaired) electrons. The van der Waals surface area contributed by atoms with Crippen molar-refractivity contribution in [2.45, 2.75) is 64.3 Å². The van der Waals surface area contributed by atoms with Gasteiger partial charge in [-0.2, -0.15) is 0 Å². The second kappa shape index (κ2) is 10.4. The zero-order valence-electron chi connectivity index (χ0n) is 20.1. The van der Waals surface area contributed by atoms with Crippen molar-refractivity contribution >= 4 is 17.1 Å². The number of nitrogens with zero attached hydrogens (tertiary/aromatic N) is 2. The summed E-state index contributed by atoms with van der Waals surface area (Å²) >= 11 is 1.40. The number of hydrogen-bond donors (Lipinski definition) is 0. The van der Waals surface area contributed by atoms with Gasteiger partial charge in [0.25, 0.3) is 11.1 Å². The van der Waals surface area contributed by atoms with Crippen LogP contribution in [0.5, 0.6) is 16.7 Å². The number of hydrogen-bond acceptors (Lipinski definition) is 7. The maximum atomic E-state index is 13.1. The summed E-state index contributed by atoms with van der Waals surface area (Å²) in [5.41, 5.74) is 1.62. The topological polar surface area (TPSA) is 60.9 Å². The molecule has 2 aromatic rings. The summed E-state index contributed by atoms with van der Waals surface area (Å²) < 4.78 is 42.2. The third-order valence-corrected chi connectivity index (χ3v) is 8.30. The van der Waals surface area contributed by atoms with E-state index in [4.69, 9.17) is 14.2 Å². The molecule has 35 heavy (non-hydrogen) atoms. The first-order valence-electron chi connectivity index (χ1n) is 12.5. The summed E-state index contributed by atoms with van der Waals surface area (Å²) in [6, 6.07) is 5.52. The van der Waals surface area contributed by atoms with Crippen LogP contribution >= 0.6 is 11.3 Å². The van der Waals surface area contributed by atoms with E-state index in [0.29, 0.717) is 40.5 Å². The molecule has 0 spiro atoms. The fourth-order valence-electron chi connectivity index (χ4n) is 5.28. The number of carbonyl (C=O) groups is 1. The van der Waals surface area contributed by atoms with Crippen molar-refractivity contribution in [3.8, 4) is 16.7 Å². The molecule has 0 amide bonds. The number of aromatic nitrogens is 1. The Labute approximate surface area is 208 Å². The van der Waals surface area contributed by atoms with Crippen LogP contribution in [-0.4, -0.2) is 48.1 Å². The Morgan fingerprint density at radius 3 is 2.83 bits per heavy atom. The predicted molar refractivity (Wildman–Crippen MR) is 129 cm³/mol. The van der Waals surface area contributed by atoms with E-state index >= 15 is 0 Å². The lowest BCUT2D eigenvalue weighted by Gasteiger charge is -2.31. The lowest BCUT2D eigenvalue weighted by Crippen LogP contribution is -2.32. The summed E-state index contributed by atoms with van der Waals surface area (Å²) in [5.74, 6) is -0.337. The number of carbonyl (C=O) groups excluding carboxylic acids is 1. The van der Waals surface area contributed by atoms with E-state index in [1.165, 1.54) is 11.3 Å². The lowest BCUT2D eigenvalue weighted by molar-refractivity contribution is -0.0230. The highest BCUT2D eigenvalue weighted by molar-refractivity contribution is 7.13. The van der Waals surface area contributed by atoms with E-state index in [9.17, 15) is 13.6 Å². The standard InChI is InChI=1S/C26H32F2N2O4S/c1-26(27,28)15-32-25-29-20-14-30(12-10-23(20)35-25)11-9-17-5-7-18(8-6-17)13-21(31)19-3-2-4-22-24(19)34-16-33-22/h2-4,17-18H,5-16H2,1H3. The molecular formula is C26H32F2N2O4S. The lowest BCUT2D eigenvalue weighted by atomic mass is 9.78. The average molecular weight is 507 g/mol. The van der Waals surface area contributed by atoms with Gasteiger partial charge in [0.15, 0.2) is 23.9 Å². The van der Waals surface area contributed by atoms with E-state index < -0.39 is 12.5 Å². The van der Waals surface area contributed by atoms with Gasteiger partial charge in [0.1, 0.15) is 0 Å². The van der Waals surface area contributed by atoms with E-state index in [1.54, 1.807) is 0 Å². The maximum Gasteiger partial charge on any atom is 0.278 e. The number of Topliss-reactive ketones (excluding diaryl/α,β-unsaturated/α-hetero) is 1. The largest absolute Gasteiger partial charge is 0.464 e. The van der Waals surface area contributed by atoms with Gasteiger partial charge in [0.05, 0.1) is 11.3 Å². The van der Waals surface area contributed by atoms with Crippen molar-refractivity contribution in [2.24, 2.45) is 11.8 Å². The number of ether oxygens (including phenoxy) is 3. The highest BCUT2D eigenvalue weighted by Gasteiger charge is 2.29. The van der Waals surface area contributed by atoms with E-state index in [2.05, 4.69) is 9.88 Å². The molecule has 0 bridgehead atoms. The SMILES string of the molecule is CC(F)(F)COc1nc2c(s1)CCN(CCC1CCC(CC(=O)c3cccc4c3OCO4)CC1)C2. The second-order valence-electron chi connectivity index (χ2n) is 10.1. The third kappa shape index (κ3) is 6.12. The molecular weight excluding hydrogens is 474 g/mol. The van der Waals surface area contributed by atoms with Gasteiger partial charge in [-0.25, -0.2) is 13.8 Å². The molecule has 1 aromatic carbocycles. The molecule has 1 aliphatic carbocycles. The molecule has 0 unspecified atom stereocenters. The minimum atomic E-state index is -2.85. The molecule has 2 aliphatic heterocycles. The predicted octanol–water partition coefficient (Wildman–Crippen LogP) is 5.73. The van der Waals surface area contributed by atoms with Crippen LogP contribution in [-0.2, 0) is 13.0 Å². The Morgan fingerprint density at radius 1 is 1.23 bits per heavy atom. The zero-order chi connectivity index (χ0) is 24.4. The van der Waals surface area contributed by atoms with Crippen molar-refractivity contribution in [2.75, 3.05) is 26.5 Å². The Morgan fingerprint density at radius 2 is 2.03 bits per heavy atom. The van der Waals surface area contributed by atoms with E-state index in [-0.39, 0.29) is 12.6 Å². The number of rotatable bonds is 9. The molecule has 1 fully saturated rings. The molecule has 0 atom stereocenters. The van der Waals surface area contributed by atoms with Crippen LogP contribution in [0.4, 0.5) is 8.78 Å². The van der Waals surface area contributed by atoms with Crippen molar-refractivity contribution in [3.05, 3.63) is 34.3 Å². The number of benzene rings is 1.